The Bertz CT molecular complexity index is 1620. The zero-order valence-corrected chi connectivity index (χ0v) is 30.5. The predicted octanol–water partition coefficient (Wildman–Crippen LogP) is 9.09. The van der Waals surface area contributed by atoms with Crippen LogP contribution >= 0.6 is 46.6 Å². The molecule has 1 aromatic heterocycles. The van der Waals surface area contributed by atoms with Gasteiger partial charge in [0.1, 0.15) is 5.69 Å². The van der Waals surface area contributed by atoms with Crippen LogP contribution < -0.4 is 10.5 Å². The monoisotopic (exact) mass is 747 g/mol. The number of nitrogens with one attached hydrogen (secondary N) is 1. The normalized spacial score (nSPS) is 15.0. The molecule has 3 heterocycles. The highest BCUT2D eigenvalue weighted by atomic mass is 35.5. The van der Waals surface area contributed by atoms with Crippen LogP contribution in [-0.4, -0.2) is 48.6 Å². The van der Waals surface area contributed by atoms with Crippen molar-refractivity contribution in [2.45, 2.75) is 75.2 Å². The molecule has 1 saturated heterocycles. The average Bonchev–Trinajstić information content (AvgIpc) is 3.42. The van der Waals surface area contributed by atoms with Crippen molar-refractivity contribution in [1.82, 2.24) is 9.88 Å². The average molecular weight is 749 g/mol. The lowest BCUT2D eigenvalue weighted by atomic mass is 10.0. The predicted molar refractivity (Wildman–Crippen MR) is 186 cm³/mol. The Hall–Kier alpha value is -3.32. The fraction of sp³-hybridized carbons (Fsp3) is 0.394. The first-order valence-corrected chi connectivity index (χ1v) is 17.1. The molecule has 0 radical (unpaired) electrons. The number of fused-ring (bicyclic) bond motifs is 1. The van der Waals surface area contributed by atoms with E-state index in [4.69, 9.17) is 44.3 Å². The topological polar surface area (TPSA) is 109 Å². The van der Waals surface area contributed by atoms with Crippen molar-refractivity contribution in [3.05, 3.63) is 85.2 Å². The van der Waals surface area contributed by atoms with Crippen molar-refractivity contribution >= 4 is 70.7 Å². The number of aromatic nitrogens is 1. The summed E-state index contributed by atoms with van der Waals surface area (Å²) in [5.74, 6) is -0.363. The first-order chi connectivity index (χ1) is 22.8. The minimum absolute atomic E-state index is 0.118. The van der Waals surface area contributed by atoms with Gasteiger partial charge in [-0.1, -0.05) is 74.8 Å². The minimum Gasteiger partial charge on any atom is -0.469 e. The SMILES string of the molecule is CC.CC.COC(=O)CC1c2ccc(N3CCCOC3=O)cc2CN1C=O.Cc1c(Sc2c(Cl)cccc2Cl)cc(C(F)(F)Cl)[nH]c1=O. The number of hydrogen-bond acceptors (Lipinski definition) is 7. The quantitative estimate of drug-likeness (QED) is 0.146. The summed E-state index contributed by atoms with van der Waals surface area (Å²) >= 11 is 18.1. The lowest BCUT2D eigenvalue weighted by Crippen LogP contribution is -2.37. The molecular weight excluding hydrogens is 711 g/mol. The van der Waals surface area contributed by atoms with Crippen LogP contribution in [0, 0.1) is 6.92 Å². The van der Waals surface area contributed by atoms with Gasteiger partial charge in [0, 0.05) is 34.1 Å². The number of benzene rings is 2. The number of cyclic esters (lactones) is 1. The van der Waals surface area contributed by atoms with E-state index in [1.165, 1.54) is 14.0 Å². The number of ether oxygens (including phenoxy) is 2. The highest BCUT2D eigenvalue weighted by Gasteiger charge is 2.33. The highest BCUT2D eigenvalue weighted by molar-refractivity contribution is 7.99. The molecule has 15 heteroatoms. The van der Waals surface area contributed by atoms with E-state index >= 15 is 0 Å². The van der Waals surface area contributed by atoms with Crippen LogP contribution in [0.15, 0.2) is 57.1 Å². The molecule has 3 aromatic rings. The summed E-state index contributed by atoms with van der Waals surface area (Å²) in [7, 11) is 1.33. The Morgan fingerprint density at radius 2 is 1.77 bits per heavy atom. The lowest BCUT2D eigenvalue weighted by Gasteiger charge is -2.26. The Balaban J connectivity index is 0.000000304. The molecule has 9 nitrogen and oxygen atoms in total. The summed E-state index contributed by atoms with van der Waals surface area (Å²) < 4.78 is 36.1. The molecule has 1 fully saturated rings. The summed E-state index contributed by atoms with van der Waals surface area (Å²) in [4.78, 5) is 52.4. The third-order valence-electron chi connectivity index (χ3n) is 6.92. The van der Waals surface area contributed by atoms with Crippen LogP contribution in [0.2, 0.25) is 10.0 Å². The van der Waals surface area contributed by atoms with Crippen molar-refractivity contribution in [1.29, 1.82) is 0 Å². The van der Waals surface area contributed by atoms with Gasteiger partial charge in [0.25, 0.3) is 5.56 Å². The molecule has 262 valence electrons. The zero-order valence-electron chi connectivity index (χ0n) is 27.4. The smallest absolute Gasteiger partial charge is 0.414 e. The van der Waals surface area contributed by atoms with Gasteiger partial charge in [-0.25, -0.2) is 4.79 Å². The lowest BCUT2D eigenvalue weighted by molar-refractivity contribution is -0.142. The minimum atomic E-state index is -3.66. The van der Waals surface area contributed by atoms with Gasteiger partial charge in [-0.05, 0) is 66.4 Å². The number of anilines is 1. The molecule has 2 aliphatic rings. The van der Waals surface area contributed by atoms with E-state index in [-0.39, 0.29) is 30.1 Å². The van der Waals surface area contributed by atoms with Crippen LogP contribution in [-0.2, 0) is 31.0 Å². The number of amides is 2. The molecule has 48 heavy (non-hydrogen) atoms. The number of aromatic amines is 1. The van der Waals surface area contributed by atoms with Crippen molar-refractivity contribution in [2.75, 3.05) is 25.2 Å². The number of carbonyl (C=O) groups is 3. The van der Waals surface area contributed by atoms with Crippen LogP contribution in [0.4, 0.5) is 19.3 Å². The summed E-state index contributed by atoms with van der Waals surface area (Å²) in [6, 6.07) is 11.3. The number of alkyl halides is 3. The molecule has 1 atom stereocenters. The van der Waals surface area contributed by atoms with Crippen molar-refractivity contribution in [3.63, 3.8) is 0 Å². The van der Waals surface area contributed by atoms with Crippen LogP contribution in [0.3, 0.4) is 0 Å². The summed E-state index contributed by atoms with van der Waals surface area (Å²) in [6.45, 7) is 11.0. The fourth-order valence-corrected chi connectivity index (χ4v) is 6.33. The van der Waals surface area contributed by atoms with Crippen LogP contribution in [0.1, 0.15) is 69.0 Å². The second-order valence-electron chi connectivity index (χ2n) is 9.73. The standard InChI is InChI=1S/C16H18N2O5.C13H8Cl3F2NOS.2C2H6/c1-22-15(20)8-14-13-4-3-12(7-11(13)9-17(14)10-19)18-5-2-6-23-16(18)21;1-6-9(5-10(13(16,17)18)19-12(6)20)21-11-7(14)3-2-4-8(11)15;2*1-2/h3-4,7,10,14H,2,5-6,8-9H2,1H3;2-5H,1H3,(H,19,20);2*1-2H3. The molecule has 2 aliphatic heterocycles. The van der Waals surface area contributed by atoms with Gasteiger partial charge in [0.15, 0.2) is 0 Å². The van der Waals surface area contributed by atoms with Gasteiger partial charge < -0.3 is 19.4 Å². The highest BCUT2D eigenvalue weighted by Crippen LogP contribution is 2.41. The molecule has 0 bridgehead atoms. The first-order valence-electron chi connectivity index (χ1n) is 15.1. The molecule has 0 spiro atoms. The van der Waals surface area contributed by atoms with E-state index in [1.807, 2.05) is 45.9 Å². The van der Waals surface area contributed by atoms with Gasteiger partial charge in [0.05, 0.1) is 36.2 Å². The van der Waals surface area contributed by atoms with E-state index in [2.05, 4.69) is 4.98 Å². The Morgan fingerprint density at radius 3 is 2.33 bits per heavy atom. The zero-order chi connectivity index (χ0) is 36.2. The third-order valence-corrected chi connectivity index (χ3v) is 9.26. The fourth-order valence-electron chi connectivity index (χ4n) is 4.62. The maximum absolute atomic E-state index is 13.2. The largest absolute Gasteiger partial charge is 0.469 e. The van der Waals surface area contributed by atoms with E-state index in [0.29, 0.717) is 39.5 Å². The summed E-state index contributed by atoms with van der Waals surface area (Å²) in [6.07, 6.45) is 1.29. The number of halogens is 5. The number of H-pyrrole nitrogens is 1. The van der Waals surface area contributed by atoms with E-state index in [9.17, 15) is 28.0 Å². The van der Waals surface area contributed by atoms with Gasteiger partial charge in [-0.3, -0.25) is 19.3 Å². The van der Waals surface area contributed by atoms with Gasteiger partial charge in [-0.2, -0.15) is 8.78 Å². The number of pyridine rings is 1. The molecule has 2 amide bonds. The Kier molecular flexibility index (Phi) is 16.2. The molecule has 1 N–H and O–H groups in total. The van der Waals surface area contributed by atoms with Gasteiger partial charge in [0.2, 0.25) is 6.41 Å². The van der Waals surface area contributed by atoms with Gasteiger partial charge >= 0.3 is 17.4 Å². The van der Waals surface area contributed by atoms with E-state index in [0.717, 1.165) is 47.5 Å². The molecule has 0 saturated carbocycles. The number of methoxy groups -OCH3 is 1. The Labute approximate surface area is 297 Å². The van der Waals surface area contributed by atoms with E-state index < -0.39 is 16.6 Å². The molecular formula is C33H38Cl3F2N3O6S. The number of esters is 1. The van der Waals surface area contributed by atoms with Crippen molar-refractivity contribution in [2.24, 2.45) is 0 Å². The third kappa shape index (κ3) is 10.3. The number of nitrogens with zero attached hydrogens (tertiary/aromatic N) is 2. The molecule has 1 unspecified atom stereocenters. The summed E-state index contributed by atoms with van der Waals surface area (Å²) in [5, 5.41) is -2.93. The van der Waals surface area contributed by atoms with Crippen LogP contribution in [0.25, 0.3) is 0 Å². The molecule has 5 rings (SSSR count). The van der Waals surface area contributed by atoms with E-state index in [1.54, 1.807) is 28.0 Å². The molecule has 0 aliphatic carbocycles. The number of rotatable bonds is 7. The van der Waals surface area contributed by atoms with Crippen molar-refractivity contribution < 1.29 is 32.6 Å². The maximum atomic E-state index is 13.2. The summed E-state index contributed by atoms with van der Waals surface area (Å²) in [5.41, 5.74) is 1.56. The Morgan fingerprint density at radius 1 is 1.12 bits per heavy atom. The number of carbonyl (C=O) groups excluding carboxylic acids is 3. The number of hydrogen-bond donors (Lipinski definition) is 1. The molecule has 2 aromatic carbocycles. The second kappa shape index (κ2) is 19.0. The van der Waals surface area contributed by atoms with Gasteiger partial charge in [-0.15, -0.1) is 0 Å². The van der Waals surface area contributed by atoms with Crippen LogP contribution in [0.5, 0.6) is 0 Å². The second-order valence-corrected chi connectivity index (χ2v) is 12.1. The maximum Gasteiger partial charge on any atom is 0.414 e. The van der Waals surface area contributed by atoms with Crippen molar-refractivity contribution in [3.8, 4) is 0 Å². The first kappa shape index (κ1) is 40.9.